The van der Waals surface area contributed by atoms with Crippen molar-refractivity contribution >= 4 is 23.1 Å². The van der Waals surface area contributed by atoms with E-state index in [1.165, 1.54) is 6.07 Å². The third kappa shape index (κ3) is 4.52. The van der Waals surface area contributed by atoms with Crippen molar-refractivity contribution in [1.29, 1.82) is 0 Å². The number of alkyl halides is 3. The van der Waals surface area contributed by atoms with Crippen LogP contribution >= 0.6 is 0 Å². The smallest absolute Gasteiger partial charge is 0.417 e. The number of carbonyl (C=O) groups is 1. The number of carboxylic acid groups (broad SMARTS) is 1. The molecule has 3 unspecified atom stereocenters. The van der Waals surface area contributed by atoms with E-state index in [4.69, 9.17) is 0 Å². The highest BCUT2D eigenvalue weighted by molar-refractivity contribution is 7.90. The van der Waals surface area contributed by atoms with Gasteiger partial charge in [-0.05, 0) is 63.0 Å². The first-order chi connectivity index (χ1) is 15.4. The van der Waals surface area contributed by atoms with Crippen LogP contribution in [0.15, 0.2) is 41.6 Å². The summed E-state index contributed by atoms with van der Waals surface area (Å²) in [6.45, 7) is 6.74. The Bertz CT molecular complexity index is 969. The number of pyridine rings is 1. The quantitative estimate of drug-likeness (QED) is 0.648. The van der Waals surface area contributed by atoms with Gasteiger partial charge in [0, 0.05) is 25.7 Å². The summed E-state index contributed by atoms with van der Waals surface area (Å²) in [6.07, 6.45) is 2.07. The van der Waals surface area contributed by atoms with Gasteiger partial charge in [0.1, 0.15) is 5.82 Å². The molecule has 1 N–H and O–H groups in total. The number of halogens is 3. The highest BCUT2D eigenvalue weighted by atomic mass is 32.2. The summed E-state index contributed by atoms with van der Waals surface area (Å²) >= 11 is -1.42. The third-order valence-corrected chi connectivity index (χ3v) is 9.02. The van der Waals surface area contributed by atoms with Gasteiger partial charge in [0.2, 0.25) is 0 Å². The molecule has 3 aliphatic rings. The first-order valence-electron chi connectivity index (χ1n) is 11.0. The highest BCUT2D eigenvalue weighted by Crippen LogP contribution is 2.45. The molecule has 10 heteroatoms. The summed E-state index contributed by atoms with van der Waals surface area (Å²) in [5.41, 5.74) is 1.15. The zero-order chi connectivity index (χ0) is 24.1. The van der Waals surface area contributed by atoms with E-state index in [1.54, 1.807) is 0 Å². The molecule has 33 heavy (non-hydrogen) atoms. The van der Waals surface area contributed by atoms with E-state index in [9.17, 15) is 27.6 Å². The number of rotatable bonds is 4. The Balaban J connectivity index is 1.48. The topological polar surface area (TPSA) is 79.7 Å². The molecule has 0 aromatic carbocycles. The third-order valence-electron chi connectivity index (χ3n) is 6.84. The Labute approximate surface area is 194 Å². The van der Waals surface area contributed by atoms with Crippen LogP contribution in [0.3, 0.4) is 0 Å². The first-order valence-corrected chi connectivity index (χ1v) is 12.1. The molecule has 1 saturated heterocycles. The fourth-order valence-corrected chi connectivity index (χ4v) is 6.93. The maximum absolute atomic E-state index is 13.8. The SMILES string of the molecule is C[C@@H]1CN(c2ccc(C(F)(F)F)cn2)C[C@H](C)N1[S+]([O-])C1(C)C=CC2=C(C1)C(C(=O)O)CC2. The Morgan fingerprint density at radius 3 is 2.48 bits per heavy atom. The van der Waals surface area contributed by atoms with Gasteiger partial charge in [0.05, 0.1) is 34.9 Å². The molecule has 2 aliphatic carbocycles. The molecule has 4 rings (SSSR count). The average molecular weight is 484 g/mol. The Kier molecular flexibility index (Phi) is 6.30. The average Bonchev–Trinajstić information content (AvgIpc) is 3.15. The van der Waals surface area contributed by atoms with Gasteiger partial charge in [-0.2, -0.15) is 13.2 Å². The fraction of sp³-hybridized carbons (Fsp3) is 0.565. The predicted octanol–water partition coefficient (Wildman–Crippen LogP) is 4.17. The van der Waals surface area contributed by atoms with Gasteiger partial charge in [0.25, 0.3) is 0 Å². The molecule has 0 radical (unpaired) electrons. The lowest BCUT2D eigenvalue weighted by atomic mass is 9.87. The monoisotopic (exact) mass is 483 g/mol. The number of aliphatic carboxylic acids is 1. The minimum atomic E-state index is -4.43. The Morgan fingerprint density at radius 1 is 1.27 bits per heavy atom. The number of carboxylic acids is 1. The minimum absolute atomic E-state index is 0.141. The molecular formula is C23H28F3N3O3S. The minimum Gasteiger partial charge on any atom is -0.597 e. The standard InChI is InChI=1S/C23H28F3N3O3S/c1-14-12-28(20-7-5-17(11-27-20)23(24,25)26)13-15(2)29(14)33(32)22(3)9-8-16-4-6-18(21(30)31)19(16)10-22/h5,7-9,11,14-15,18H,4,6,10,12-13H2,1-3H3,(H,30,31)/t14-,15+,18?,22?,33?. The number of hydrogen-bond donors (Lipinski definition) is 1. The van der Waals surface area contributed by atoms with Crippen LogP contribution in [0, 0.1) is 5.92 Å². The highest BCUT2D eigenvalue weighted by Gasteiger charge is 2.50. The molecule has 1 fully saturated rings. The summed E-state index contributed by atoms with van der Waals surface area (Å²) in [5, 5.41) is 9.57. The van der Waals surface area contributed by atoms with Crippen molar-refractivity contribution in [1.82, 2.24) is 9.29 Å². The van der Waals surface area contributed by atoms with Gasteiger partial charge in [-0.25, -0.2) is 4.98 Å². The predicted molar refractivity (Wildman–Crippen MR) is 120 cm³/mol. The van der Waals surface area contributed by atoms with Crippen LogP contribution in [0.2, 0.25) is 0 Å². The van der Waals surface area contributed by atoms with Gasteiger partial charge in [-0.3, -0.25) is 4.79 Å². The maximum Gasteiger partial charge on any atom is 0.417 e. The second-order valence-electron chi connectivity index (χ2n) is 9.42. The van der Waals surface area contributed by atoms with Gasteiger partial charge >= 0.3 is 12.1 Å². The summed E-state index contributed by atoms with van der Waals surface area (Å²) in [5.74, 6) is -0.887. The second-order valence-corrected chi connectivity index (χ2v) is 11.3. The van der Waals surface area contributed by atoms with Crippen LogP contribution in [0.4, 0.5) is 19.0 Å². The van der Waals surface area contributed by atoms with E-state index < -0.39 is 39.7 Å². The molecule has 1 aliphatic heterocycles. The molecular weight excluding hydrogens is 455 g/mol. The Morgan fingerprint density at radius 2 is 1.94 bits per heavy atom. The van der Waals surface area contributed by atoms with Crippen molar-refractivity contribution in [3.63, 3.8) is 0 Å². The Hall–Kier alpha value is -2.04. The number of aromatic nitrogens is 1. The molecule has 0 saturated carbocycles. The molecule has 0 bridgehead atoms. The number of nitrogens with zero attached hydrogens (tertiary/aromatic N) is 3. The van der Waals surface area contributed by atoms with Crippen LogP contribution in [-0.4, -0.2) is 54.8 Å². The van der Waals surface area contributed by atoms with Gasteiger partial charge in [-0.1, -0.05) is 6.08 Å². The van der Waals surface area contributed by atoms with E-state index in [2.05, 4.69) is 4.98 Å². The lowest BCUT2D eigenvalue weighted by Crippen LogP contribution is -2.62. The summed E-state index contributed by atoms with van der Waals surface area (Å²) in [4.78, 5) is 17.6. The van der Waals surface area contributed by atoms with Crippen LogP contribution in [-0.2, 0) is 22.3 Å². The molecule has 0 amide bonds. The van der Waals surface area contributed by atoms with E-state index in [1.807, 2.05) is 42.1 Å². The maximum atomic E-state index is 13.8. The molecule has 180 valence electrons. The number of piperazine rings is 1. The summed E-state index contributed by atoms with van der Waals surface area (Å²) in [6, 6.07) is 2.12. The molecule has 5 atom stereocenters. The van der Waals surface area contributed by atoms with Gasteiger partial charge in [0.15, 0.2) is 4.75 Å². The zero-order valence-corrected chi connectivity index (χ0v) is 19.6. The summed E-state index contributed by atoms with van der Waals surface area (Å²) in [7, 11) is 0. The zero-order valence-electron chi connectivity index (χ0n) is 18.8. The fourth-order valence-electron chi connectivity index (χ4n) is 5.20. The van der Waals surface area contributed by atoms with Crippen LogP contribution in [0.1, 0.15) is 45.6 Å². The van der Waals surface area contributed by atoms with Crippen molar-refractivity contribution in [3.8, 4) is 0 Å². The van der Waals surface area contributed by atoms with Crippen LogP contribution in [0.25, 0.3) is 0 Å². The van der Waals surface area contributed by atoms with Gasteiger partial charge in [-0.15, -0.1) is 4.31 Å². The molecule has 2 heterocycles. The van der Waals surface area contributed by atoms with Crippen molar-refractivity contribution in [2.45, 2.75) is 63.0 Å². The van der Waals surface area contributed by atoms with Crippen molar-refractivity contribution < 1.29 is 27.6 Å². The van der Waals surface area contributed by atoms with Crippen molar-refractivity contribution in [3.05, 3.63) is 47.2 Å². The number of hydrogen-bond acceptors (Lipinski definition) is 5. The second kappa shape index (κ2) is 8.63. The van der Waals surface area contributed by atoms with E-state index in [0.29, 0.717) is 31.7 Å². The first kappa shape index (κ1) is 24.1. The lowest BCUT2D eigenvalue weighted by molar-refractivity contribution is -0.140. The van der Waals surface area contributed by atoms with E-state index in [0.717, 1.165) is 29.8 Å². The molecule has 0 spiro atoms. The lowest BCUT2D eigenvalue weighted by Gasteiger charge is -2.47. The van der Waals surface area contributed by atoms with Crippen molar-refractivity contribution in [2.24, 2.45) is 5.92 Å². The number of anilines is 1. The van der Waals surface area contributed by atoms with Crippen molar-refractivity contribution in [2.75, 3.05) is 18.0 Å². The summed E-state index contributed by atoms with van der Waals surface area (Å²) < 4.78 is 53.6. The van der Waals surface area contributed by atoms with E-state index in [-0.39, 0.29) is 12.1 Å². The molecule has 6 nitrogen and oxygen atoms in total. The van der Waals surface area contributed by atoms with Crippen LogP contribution in [0.5, 0.6) is 0 Å². The number of allylic oxidation sites excluding steroid dienone is 2. The largest absolute Gasteiger partial charge is 0.597 e. The van der Waals surface area contributed by atoms with E-state index >= 15 is 0 Å². The van der Waals surface area contributed by atoms with Crippen LogP contribution < -0.4 is 4.90 Å². The molecule has 1 aromatic heterocycles. The molecule has 1 aromatic rings. The van der Waals surface area contributed by atoms with Gasteiger partial charge < -0.3 is 14.6 Å². The normalized spacial score (nSPS) is 31.6.